The lowest BCUT2D eigenvalue weighted by atomic mass is 9.88. The molecular formula is C25H35N5O3S. The van der Waals surface area contributed by atoms with Crippen LogP contribution in [0.3, 0.4) is 0 Å². The molecule has 0 saturated carbocycles. The number of hydrogen-bond acceptors (Lipinski definition) is 9. The molecule has 0 atom stereocenters. The summed E-state index contributed by atoms with van der Waals surface area (Å²) in [4.78, 5) is 29.2. The fraction of sp³-hybridized carbons (Fsp3) is 0.560. The molecule has 0 aliphatic carbocycles. The summed E-state index contributed by atoms with van der Waals surface area (Å²) >= 11 is 1.66. The van der Waals surface area contributed by atoms with Crippen molar-refractivity contribution in [3.05, 3.63) is 36.2 Å². The van der Waals surface area contributed by atoms with Crippen LogP contribution in [-0.4, -0.2) is 79.4 Å². The molecule has 8 nitrogen and oxygen atoms in total. The van der Waals surface area contributed by atoms with Gasteiger partial charge >= 0.3 is 5.97 Å². The molecule has 1 aromatic carbocycles. The van der Waals surface area contributed by atoms with Gasteiger partial charge in [-0.15, -0.1) is 0 Å². The van der Waals surface area contributed by atoms with Crippen molar-refractivity contribution < 1.29 is 14.3 Å². The third kappa shape index (κ3) is 5.71. The van der Waals surface area contributed by atoms with Crippen LogP contribution >= 0.6 is 11.8 Å². The maximum atomic E-state index is 11.9. The van der Waals surface area contributed by atoms with E-state index in [1.54, 1.807) is 31.3 Å². The molecule has 0 N–H and O–H groups in total. The van der Waals surface area contributed by atoms with Crippen LogP contribution in [0.4, 0.5) is 11.5 Å². The zero-order valence-corrected chi connectivity index (χ0v) is 21.4. The molecular weight excluding hydrogens is 450 g/mol. The molecule has 34 heavy (non-hydrogen) atoms. The Morgan fingerprint density at radius 3 is 2.56 bits per heavy atom. The van der Waals surface area contributed by atoms with Gasteiger partial charge in [0.05, 0.1) is 18.2 Å². The van der Waals surface area contributed by atoms with Crippen LogP contribution in [-0.2, 0) is 20.8 Å². The lowest BCUT2D eigenvalue weighted by Gasteiger charge is -2.35. The van der Waals surface area contributed by atoms with Crippen molar-refractivity contribution in [3.63, 3.8) is 0 Å². The first-order valence-corrected chi connectivity index (χ1v) is 12.6. The quantitative estimate of drug-likeness (QED) is 0.494. The van der Waals surface area contributed by atoms with E-state index in [4.69, 9.17) is 9.47 Å². The fourth-order valence-electron chi connectivity index (χ4n) is 4.56. The van der Waals surface area contributed by atoms with Gasteiger partial charge in [0.2, 0.25) is 0 Å². The van der Waals surface area contributed by atoms with Crippen molar-refractivity contribution in [1.82, 2.24) is 19.8 Å². The van der Waals surface area contributed by atoms with E-state index in [1.807, 2.05) is 13.8 Å². The molecule has 0 unspecified atom stereocenters. The average Bonchev–Trinajstić information content (AvgIpc) is 2.84. The number of benzene rings is 1. The zero-order valence-electron chi connectivity index (χ0n) is 20.6. The minimum atomic E-state index is -0.413. The maximum Gasteiger partial charge on any atom is 0.311 e. The normalized spacial score (nSPS) is 16.8. The number of nitrogens with zero attached hydrogens (tertiary/aromatic N) is 5. The Bertz CT molecular complexity index is 994. The van der Waals surface area contributed by atoms with E-state index in [-0.39, 0.29) is 5.97 Å². The van der Waals surface area contributed by atoms with Crippen LogP contribution in [0.1, 0.15) is 32.3 Å². The number of carbonyl (C=O) groups excluding carboxylic acids is 1. The van der Waals surface area contributed by atoms with Crippen LogP contribution in [0.25, 0.3) is 0 Å². The highest BCUT2D eigenvalue weighted by molar-refractivity contribution is 7.99. The highest BCUT2D eigenvalue weighted by Gasteiger charge is 2.29. The van der Waals surface area contributed by atoms with Gasteiger partial charge in [-0.1, -0.05) is 17.8 Å². The van der Waals surface area contributed by atoms with Crippen LogP contribution in [0, 0.1) is 5.41 Å². The summed E-state index contributed by atoms with van der Waals surface area (Å²) in [6.07, 6.45) is 5.31. The number of rotatable bonds is 9. The summed E-state index contributed by atoms with van der Waals surface area (Å²) in [5.41, 5.74) is 2.01. The third-order valence-corrected chi connectivity index (χ3v) is 7.61. The first-order chi connectivity index (χ1) is 16.4. The molecule has 3 heterocycles. The molecule has 0 spiro atoms. The molecule has 0 radical (unpaired) electrons. The second-order valence-electron chi connectivity index (χ2n) is 9.53. The molecule has 9 heteroatoms. The number of esters is 1. The first-order valence-electron chi connectivity index (χ1n) is 11.8. The van der Waals surface area contributed by atoms with E-state index in [9.17, 15) is 4.79 Å². The van der Waals surface area contributed by atoms with Crippen LogP contribution in [0.2, 0.25) is 0 Å². The Balaban J connectivity index is 1.31. The van der Waals surface area contributed by atoms with E-state index in [0.29, 0.717) is 6.73 Å². The topological polar surface area (TPSA) is 71.0 Å². The number of fused-ring (bicyclic) bond motifs is 2. The molecule has 0 bridgehead atoms. The fourth-order valence-corrected chi connectivity index (χ4v) is 5.55. The van der Waals surface area contributed by atoms with Gasteiger partial charge in [-0.05, 0) is 50.9 Å². The van der Waals surface area contributed by atoms with Crippen molar-refractivity contribution in [2.75, 3.05) is 58.6 Å². The summed E-state index contributed by atoms with van der Waals surface area (Å²) in [5.74, 6) is 0.725. The number of aromatic nitrogens is 2. The Hall–Kier alpha value is -2.20. The highest BCUT2D eigenvalue weighted by atomic mass is 32.2. The number of carbonyl (C=O) groups is 1. The lowest BCUT2D eigenvalue weighted by molar-refractivity contribution is -0.151. The molecule has 2 aliphatic heterocycles. The molecule has 1 saturated heterocycles. The van der Waals surface area contributed by atoms with E-state index in [1.165, 1.54) is 17.6 Å². The largest absolute Gasteiger partial charge is 0.469 e. The van der Waals surface area contributed by atoms with Gasteiger partial charge < -0.3 is 14.4 Å². The van der Waals surface area contributed by atoms with E-state index >= 15 is 0 Å². The van der Waals surface area contributed by atoms with Gasteiger partial charge in [0.15, 0.2) is 5.82 Å². The lowest BCUT2D eigenvalue weighted by Crippen LogP contribution is -2.46. The zero-order chi connectivity index (χ0) is 24.1. The van der Waals surface area contributed by atoms with Crippen LogP contribution in [0.5, 0.6) is 0 Å². The molecule has 2 aromatic rings. The predicted octanol–water partition coefficient (Wildman–Crippen LogP) is 3.78. The van der Waals surface area contributed by atoms with Crippen molar-refractivity contribution in [2.24, 2.45) is 5.41 Å². The number of piperazine rings is 1. The van der Waals surface area contributed by atoms with Crippen molar-refractivity contribution in [2.45, 2.75) is 43.2 Å². The second kappa shape index (κ2) is 11.0. The SMILES string of the molecule is COCN1c2cc(CN3CCN(CCCC(C)(C)C(=O)OC)CC3)ccc2Sc2nccnc21. The third-order valence-electron chi connectivity index (χ3n) is 6.57. The summed E-state index contributed by atoms with van der Waals surface area (Å²) in [6, 6.07) is 6.68. The molecule has 1 fully saturated rings. The van der Waals surface area contributed by atoms with Crippen molar-refractivity contribution >= 4 is 29.2 Å². The first kappa shape index (κ1) is 24.9. The minimum absolute atomic E-state index is 0.125. The maximum absolute atomic E-state index is 11.9. The summed E-state index contributed by atoms with van der Waals surface area (Å²) < 4.78 is 10.4. The van der Waals surface area contributed by atoms with Crippen LogP contribution in [0.15, 0.2) is 40.5 Å². The number of methoxy groups -OCH3 is 2. The number of anilines is 2. The molecule has 0 amide bonds. The summed E-state index contributed by atoms with van der Waals surface area (Å²) in [6.45, 7) is 10.5. The number of hydrogen-bond donors (Lipinski definition) is 0. The van der Waals surface area contributed by atoms with Gasteiger partial charge in [0, 0.05) is 57.1 Å². The number of ether oxygens (including phenoxy) is 2. The van der Waals surface area contributed by atoms with Crippen LogP contribution < -0.4 is 4.90 Å². The van der Waals surface area contributed by atoms with Gasteiger partial charge in [0.1, 0.15) is 11.8 Å². The monoisotopic (exact) mass is 485 g/mol. The Labute approximate surface area is 206 Å². The highest BCUT2D eigenvalue weighted by Crippen LogP contribution is 2.46. The summed E-state index contributed by atoms with van der Waals surface area (Å²) in [5, 5.41) is 0.908. The average molecular weight is 486 g/mol. The van der Waals surface area contributed by atoms with E-state index in [0.717, 1.165) is 68.6 Å². The smallest absolute Gasteiger partial charge is 0.311 e. The van der Waals surface area contributed by atoms with Gasteiger partial charge in [-0.2, -0.15) is 0 Å². The van der Waals surface area contributed by atoms with E-state index in [2.05, 4.69) is 42.9 Å². The Kier molecular flexibility index (Phi) is 8.08. The molecule has 4 rings (SSSR count). The minimum Gasteiger partial charge on any atom is -0.469 e. The molecule has 1 aromatic heterocycles. The molecule has 2 aliphatic rings. The van der Waals surface area contributed by atoms with Crippen molar-refractivity contribution in [1.29, 1.82) is 0 Å². The standard InChI is InChI=1S/C25H35N5O3S/c1-25(2,24(31)33-4)8-5-11-28-12-14-29(15-13-28)17-19-6-7-21-20(16-19)30(18-32-3)22-23(34-21)27-10-9-26-22/h6-7,9-10,16H,5,8,11-15,17-18H2,1-4H3. The Morgan fingerprint density at radius 2 is 1.82 bits per heavy atom. The molecule has 184 valence electrons. The van der Waals surface area contributed by atoms with Gasteiger partial charge in [-0.25, -0.2) is 9.97 Å². The van der Waals surface area contributed by atoms with Gasteiger partial charge in [-0.3, -0.25) is 14.6 Å². The van der Waals surface area contributed by atoms with E-state index < -0.39 is 5.41 Å². The summed E-state index contributed by atoms with van der Waals surface area (Å²) in [7, 11) is 3.17. The van der Waals surface area contributed by atoms with Gasteiger partial charge in [0.25, 0.3) is 0 Å². The van der Waals surface area contributed by atoms with Crippen molar-refractivity contribution in [3.8, 4) is 0 Å². The second-order valence-corrected chi connectivity index (χ2v) is 10.6. The Morgan fingerprint density at radius 1 is 1.09 bits per heavy atom. The predicted molar refractivity (Wildman–Crippen MR) is 133 cm³/mol.